The summed E-state index contributed by atoms with van der Waals surface area (Å²) >= 11 is 0. The minimum Gasteiger partial charge on any atom is -0.481 e. The van der Waals surface area contributed by atoms with Gasteiger partial charge in [0.1, 0.15) is 11.4 Å². The van der Waals surface area contributed by atoms with Gasteiger partial charge in [-0.2, -0.15) is 0 Å². The fourth-order valence-electron chi connectivity index (χ4n) is 3.36. The first kappa shape index (κ1) is 15.9. The molecular formula is C16H18FNO5. The predicted octanol–water partition coefficient (Wildman–Crippen LogP) is 0.652. The third kappa shape index (κ3) is 2.60. The van der Waals surface area contributed by atoms with Crippen molar-refractivity contribution in [1.29, 1.82) is 0 Å². The second-order valence-corrected chi connectivity index (χ2v) is 6.36. The van der Waals surface area contributed by atoms with Gasteiger partial charge in [0, 0.05) is 25.3 Å². The quantitative estimate of drug-likeness (QED) is 0.714. The van der Waals surface area contributed by atoms with Crippen LogP contribution in [0.5, 0.6) is 0 Å². The fraction of sp³-hybridized carbons (Fsp3) is 0.500. The Balaban J connectivity index is 1.59. The second kappa shape index (κ2) is 5.58. The Kier molecular flexibility index (Phi) is 3.85. The molecule has 0 spiro atoms. The molecule has 4 rings (SSSR count). The van der Waals surface area contributed by atoms with E-state index < -0.39 is 17.0 Å². The highest BCUT2D eigenvalue weighted by molar-refractivity contribution is 5.92. The van der Waals surface area contributed by atoms with Crippen LogP contribution in [0.15, 0.2) is 24.3 Å². The first-order valence-corrected chi connectivity index (χ1v) is 7.43. The number of aliphatic carboxylic acids is 1. The molecule has 1 amide bonds. The highest BCUT2D eigenvalue weighted by Gasteiger charge is 2.70. The number of carbonyl (C=O) groups is 2. The van der Waals surface area contributed by atoms with Crippen LogP contribution < -0.4 is 5.32 Å². The van der Waals surface area contributed by atoms with E-state index in [-0.39, 0.29) is 50.2 Å². The number of carboxylic acids is 1. The van der Waals surface area contributed by atoms with E-state index in [2.05, 4.69) is 5.32 Å². The van der Waals surface area contributed by atoms with Crippen LogP contribution in [-0.2, 0) is 14.3 Å². The maximum Gasteiger partial charge on any atom is 0.312 e. The molecule has 2 heterocycles. The Morgan fingerprint density at radius 1 is 1.30 bits per heavy atom. The summed E-state index contributed by atoms with van der Waals surface area (Å²) in [6.07, 6.45) is 0.364. The van der Waals surface area contributed by atoms with Crippen molar-refractivity contribution >= 4 is 11.9 Å². The molecule has 1 aromatic rings. The number of carbonyl (C=O) groups excluding carboxylic acids is 1. The number of hydrogen-bond donors (Lipinski definition) is 3. The zero-order valence-electron chi connectivity index (χ0n) is 12.4. The van der Waals surface area contributed by atoms with Crippen LogP contribution in [0.4, 0.5) is 4.39 Å². The smallest absolute Gasteiger partial charge is 0.312 e. The number of rotatable bonds is 6. The van der Waals surface area contributed by atoms with Gasteiger partial charge in [-0.1, -0.05) is 12.1 Å². The van der Waals surface area contributed by atoms with Crippen molar-refractivity contribution in [3.8, 4) is 0 Å². The van der Waals surface area contributed by atoms with Gasteiger partial charge in [-0.3, -0.25) is 9.59 Å². The van der Waals surface area contributed by atoms with Gasteiger partial charge in [-0.05, 0) is 17.7 Å². The van der Waals surface area contributed by atoms with Gasteiger partial charge in [-0.15, -0.1) is 0 Å². The molecule has 124 valence electrons. The van der Waals surface area contributed by atoms with Gasteiger partial charge < -0.3 is 20.3 Å². The number of benzene rings is 1. The second-order valence-electron chi connectivity index (χ2n) is 6.36. The lowest BCUT2D eigenvalue weighted by Gasteiger charge is -2.40. The molecule has 1 saturated carbocycles. The molecule has 0 radical (unpaired) electrons. The summed E-state index contributed by atoms with van der Waals surface area (Å²) in [4.78, 5) is 23.5. The number of hydrogen-bond acceptors (Lipinski definition) is 4. The van der Waals surface area contributed by atoms with Crippen molar-refractivity contribution in [3.05, 3.63) is 35.6 Å². The summed E-state index contributed by atoms with van der Waals surface area (Å²) in [5.74, 6) is -2.01. The summed E-state index contributed by atoms with van der Waals surface area (Å²) in [5, 5.41) is 21.3. The molecule has 3 fully saturated rings. The van der Waals surface area contributed by atoms with Crippen LogP contribution in [0.3, 0.4) is 0 Å². The third-order valence-corrected chi connectivity index (χ3v) is 4.81. The number of fused-ring (bicyclic) bond motifs is 1. The summed E-state index contributed by atoms with van der Waals surface area (Å²) in [6, 6.07) is 5.72. The molecule has 3 N–H and O–H groups in total. The van der Waals surface area contributed by atoms with Gasteiger partial charge in [0.05, 0.1) is 18.6 Å². The lowest BCUT2D eigenvalue weighted by molar-refractivity contribution is -0.158. The van der Waals surface area contributed by atoms with Gasteiger partial charge >= 0.3 is 5.97 Å². The molecule has 1 aromatic carbocycles. The molecule has 1 unspecified atom stereocenters. The van der Waals surface area contributed by atoms with E-state index in [1.165, 1.54) is 12.1 Å². The van der Waals surface area contributed by atoms with Crippen LogP contribution in [0.2, 0.25) is 0 Å². The number of carboxylic acid groups (broad SMARTS) is 1. The maximum absolute atomic E-state index is 12.9. The van der Waals surface area contributed by atoms with Crippen LogP contribution in [0.1, 0.15) is 24.3 Å². The molecule has 2 saturated heterocycles. The third-order valence-electron chi connectivity index (χ3n) is 4.81. The average molecular weight is 323 g/mol. The molecule has 23 heavy (non-hydrogen) atoms. The molecule has 1 aliphatic carbocycles. The zero-order valence-corrected chi connectivity index (χ0v) is 12.4. The van der Waals surface area contributed by atoms with Crippen molar-refractivity contribution in [2.24, 2.45) is 5.41 Å². The number of amides is 1. The number of nitrogens with one attached hydrogen (secondary N) is 1. The first-order valence-electron chi connectivity index (χ1n) is 7.43. The van der Waals surface area contributed by atoms with E-state index in [0.29, 0.717) is 5.56 Å². The van der Waals surface area contributed by atoms with Crippen molar-refractivity contribution in [1.82, 2.24) is 5.32 Å². The van der Waals surface area contributed by atoms with Crippen molar-refractivity contribution in [3.63, 3.8) is 0 Å². The summed E-state index contributed by atoms with van der Waals surface area (Å²) in [5.41, 5.74) is -1.26. The molecule has 2 bridgehead atoms. The van der Waals surface area contributed by atoms with E-state index in [1.54, 1.807) is 12.1 Å². The van der Waals surface area contributed by atoms with Crippen molar-refractivity contribution in [2.45, 2.75) is 24.4 Å². The number of halogens is 1. The standard InChI is InChI=1S/C16H18FNO5/c17-12-3-1-10(2-4-12)11(6-19)5-18-13(20)16-7-15(8-16,9-23-16)14(21)22/h1-4,11,19H,5-9H2,(H,18,20)(H,21,22). The SMILES string of the molecule is O=C(O)C12COC(C(=O)NCC(CO)c3ccc(F)cc3)(C1)C2. The number of aliphatic hydroxyl groups excluding tert-OH is 1. The lowest BCUT2D eigenvalue weighted by atomic mass is 9.62. The van der Waals surface area contributed by atoms with Crippen LogP contribution in [0, 0.1) is 11.2 Å². The van der Waals surface area contributed by atoms with E-state index in [4.69, 9.17) is 9.84 Å². The van der Waals surface area contributed by atoms with Crippen molar-refractivity contribution in [2.75, 3.05) is 19.8 Å². The molecule has 1 atom stereocenters. The first-order chi connectivity index (χ1) is 10.9. The highest BCUT2D eigenvalue weighted by atomic mass is 19.1. The summed E-state index contributed by atoms with van der Waals surface area (Å²) < 4.78 is 18.4. The van der Waals surface area contributed by atoms with E-state index in [0.717, 1.165) is 0 Å². The molecule has 3 aliphatic rings. The van der Waals surface area contributed by atoms with E-state index >= 15 is 0 Å². The minimum atomic E-state index is -1.05. The van der Waals surface area contributed by atoms with Crippen LogP contribution in [-0.4, -0.2) is 47.4 Å². The van der Waals surface area contributed by atoms with E-state index in [1.807, 2.05) is 0 Å². The summed E-state index contributed by atoms with van der Waals surface area (Å²) in [7, 11) is 0. The summed E-state index contributed by atoms with van der Waals surface area (Å²) in [6.45, 7) is 0.0299. The van der Waals surface area contributed by atoms with E-state index in [9.17, 15) is 19.1 Å². The Bertz CT molecular complexity index is 624. The van der Waals surface area contributed by atoms with Gasteiger partial charge in [0.2, 0.25) is 0 Å². The largest absolute Gasteiger partial charge is 0.481 e. The monoisotopic (exact) mass is 323 g/mol. The predicted molar refractivity (Wildman–Crippen MR) is 77.2 cm³/mol. The average Bonchev–Trinajstić information content (AvgIpc) is 3.07. The highest BCUT2D eigenvalue weighted by Crippen LogP contribution is 2.58. The minimum absolute atomic E-state index is 0.0527. The maximum atomic E-state index is 12.9. The lowest BCUT2D eigenvalue weighted by Crippen LogP contribution is -2.57. The molecule has 0 aromatic heterocycles. The normalized spacial score (nSPS) is 29.7. The van der Waals surface area contributed by atoms with Crippen molar-refractivity contribution < 1.29 is 28.9 Å². The van der Waals surface area contributed by atoms with Gasteiger partial charge in [0.25, 0.3) is 5.91 Å². The Labute approximate surface area is 132 Å². The van der Waals surface area contributed by atoms with Gasteiger partial charge in [0.15, 0.2) is 0 Å². The molecule has 6 nitrogen and oxygen atoms in total. The molecule has 2 aliphatic heterocycles. The topological polar surface area (TPSA) is 95.9 Å². The van der Waals surface area contributed by atoms with Crippen LogP contribution in [0.25, 0.3) is 0 Å². The molecule has 7 heteroatoms. The number of ether oxygens (including phenoxy) is 1. The van der Waals surface area contributed by atoms with Gasteiger partial charge in [-0.25, -0.2) is 4.39 Å². The van der Waals surface area contributed by atoms with Crippen LogP contribution >= 0.6 is 0 Å². The Morgan fingerprint density at radius 2 is 1.96 bits per heavy atom. The zero-order chi connectivity index (χ0) is 16.7. The Morgan fingerprint density at radius 3 is 2.48 bits per heavy atom. The molecular weight excluding hydrogens is 305 g/mol. The fourth-order valence-corrected chi connectivity index (χ4v) is 3.36. The Hall–Kier alpha value is -1.99. The number of aliphatic hydroxyl groups is 1.